The van der Waals surface area contributed by atoms with E-state index in [1.54, 1.807) is 4.90 Å². The average Bonchev–Trinajstić information content (AvgIpc) is 2.56. The molecular weight excluding hydrogens is 281 g/mol. The number of ether oxygens (including phenoxy) is 1. The van der Waals surface area contributed by atoms with Gasteiger partial charge >= 0.3 is 0 Å². The van der Waals surface area contributed by atoms with Crippen molar-refractivity contribution < 1.29 is 13.9 Å². The monoisotopic (exact) mass is 299 g/mol. The van der Waals surface area contributed by atoms with Crippen LogP contribution in [0.1, 0.15) is 28.9 Å². The molecule has 1 aliphatic rings. The minimum Gasteiger partial charge on any atom is -0.370 e. The number of benzene rings is 2. The third kappa shape index (κ3) is 2.88. The Balaban J connectivity index is 1.82. The Bertz CT molecular complexity index is 642. The van der Waals surface area contributed by atoms with E-state index in [-0.39, 0.29) is 23.9 Å². The summed E-state index contributed by atoms with van der Waals surface area (Å²) in [4.78, 5) is 14.4. The van der Waals surface area contributed by atoms with E-state index in [0.717, 1.165) is 5.56 Å². The van der Waals surface area contributed by atoms with Crippen LogP contribution in [-0.4, -0.2) is 30.0 Å². The van der Waals surface area contributed by atoms with Crippen molar-refractivity contribution in [3.63, 3.8) is 0 Å². The Kier molecular flexibility index (Phi) is 4.20. The number of rotatable bonds is 2. The summed E-state index contributed by atoms with van der Waals surface area (Å²) in [6.45, 7) is 3.02. The normalized spacial score (nSPS) is 21.6. The Labute approximate surface area is 129 Å². The van der Waals surface area contributed by atoms with Gasteiger partial charge in [0.25, 0.3) is 5.91 Å². The van der Waals surface area contributed by atoms with Crippen molar-refractivity contribution >= 4 is 5.91 Å². The van der Waals surface area contributed by atoms with Crippen LogP contribution in [0.4, 0.5) is 4.39 Å². The van der Waals surface area contributed by atoms with Crippen molar-refractivity contribution in [3.8, 4) is 0 Å². The van der Waals surface area contributed by atoms with Crippen LogP contribution in [0.15, 0.2) is 54.6 Å². The number of hydrogen-bond donors (Lipinski definition) is 0. The molecule has 114 valence electrons. The minimum absolute atomic E-state index is 0.0753. The first-order valence-corrected chi connectivity index (χ1v) is 7.40. The summed E-state index contributed by atoms with van der Waals surface area (Å²) in [5, 5.41) is 0. The van der Waals surface area contributed by atoms with Crippen molar-refractivity contribution in [1.29, 1.82) is 0 Å². The zero-order valence-electron chi connectivity index (χ0n) is 12.4. The van der Waals surface area contributed by atoms with Crippen LogP contribution in [-0.2, 0) is 4.74 Å². The summed E-state index contributed by atoms with van der Waals surface area (Å²) in [7, 11) is 0. The number of carbonyl (C=O) groups is 1. The van der Waals surface area contributed by atoms with Gasteiger partial charge < -0.3 is 9.64 Å². The molecule has 0 spiro atoms. The van der Waals surface area contributed by atoms with Crippen LogP contribution in [0.5, 0.6) is 0 Å². The van der Waals surface area contributed by atoms with E-state index < -0.39 is 0 Å². The Hall–Kier alpha value is -2.20. The molecule has 2 unspecified atom stereocenters. The maximum Gasteiger partial charge on any atom is 0.254 e. The van der Waals surface area contributed by atoms with E-state index in [1.807, 2.05) is 37.3 Å². The molecule has 0 N–H and O–H groups in total. The first-order chi connectivity index (χ1) is 10.7. The molecule has 0 aromatic heterocycles. The Morgan fingerprint density at radius 2 is 1.82 bits per heavy atom. The summed E-state index contributed by atoms with van der Waals surface area (Å²) in [6.07, 6.45) is -0.139. The molecule has 3 rings (SSSR count). The molecule has 22 heavy (non-hydrogen) atoms. The van der Waals surface area contributed by atoms with Gasteiger partial charge in [0.05, 0.1) is 12.6 Å². The summed E-state index contributed by atoms with van der Waals surface area (Å²) < 4.78 is 18.9. The SMILES string of the molecule is CC1C(c2ccccc2)OCCN1C(=O)c1ccc(F)cc1. The van der Waals surface area contributed by atoms with Crippen LogP contribution >= 0.6 is 0 Å². The second-order valence-corrected chi connectivity index (χ2v) is 5.45. The lowest BCUT2D eigenvalue weighted by molar-refractivity contribution is -0.0551. The number of halogens is 1. The van der Waals surface area contributed by atoms with Crippen molar-refractivity contribution in [2.45, 2.75) is 19.1 Å². The quantitative estimate of drug-likeness (QED) is 0.850. The highest BCUT2D eigenvalue weighted by molar-refractivity contribution is 5.94. The molecule has 2 aromatic carbocycles. The number of nitrogens with zero attached hydrogens (tertiary/aromatic N) is 1. The average molecular weight is 299 g/mol. The van der Waals surface area contributed by atoms with Gasteiger partial charge in [-0.25, -0.2) is 4.39 Å². The van der Waals surface area contributed by atoms with E-state index in [4.69, 9.17) is 4.74 Å². The first-order valence-electron chi connectivity index (χ1n) is 7.40. The van der Waals surface area contributed by atoms with Crippen molar-refractivity contribution in [2.75, 3.05) is 13.2 Å². The maximum atomic E-state index is 13.0. The summed E-state index contributed by atoms with van der Waals surface area (Å²) >= 11 is 0. The van der Waals surface area contributed by atoms with Crippen molar-refractivity contribution in [3.05, 3.63) is 71.5 Å². The Morgan fingerprint density at radius 3 is 2.50 bits per heavy atom. The lowest BCUT2D eigenvalue weighted by Gasteiger charge is -2.39. The predicted octanol–water partition coefficient (Wildman–Crippen LogP) is 3.43. The van der Waals surface area contributed by atoms with Crippen molar-refractivity contribution in [1.82, 2.24) is 4.90 Å². The highest BCUT2D eigenvalue weighted by Gasteiger charge is 2.33. The van der Waals surface area contributed by atoms with Gasteiger partial charge in [-0.3, -0.25) is 4.79 Å². The molecular formula is C18H18FNO2. The molecule has 0 radical (unpaired) electrons. The van der Waals surface area contributed by atoms with Gasteiger partial charge in [0.2, 0.25) is 0 Å². The smallest absolute Gasteiger partial charge is 0.254 e. The van der Waals surface area contributed by atoms with E-state index >= 15 is 0 Å². The van der Waals surface area contributed by atoms with Crippen LogP contribution in [0, 0.1) is 5.82 Å². The fourth-order valence-electron chi connectivity index (χ4n) is 2.85. The van der Waals surface area contributed by atoms with E-state index in [0.29, 0.717) is 18.7 Å². The van der Waals surface area contributed by atoms with Crippen LogP contribution in [0.2, 0.25) is 0 Å². The molecule has 0 aliphatic carbocycles. The standard InChI is InChI=1S/C18H18FNO2/c1-13-17(14-5-3-2-4-6-14)22-12-11-20(13)18(21)15-7-9-16(19)10-8-15/h2-10,13,17H,11-12H2,1H3. The van der Waals surface area contributed by atoms with Gasteiger partial charge in [0.1, 0.15) is 11.9 Å². The first kappa shape index (κ1) is 14.7. The number of carbonyl (C=O) groups excluding carboxylic acids is 1. The van der Waals surface area contributed by atoms with Crippen LogP contribution in [0.25, 0.3) is 0 Å². The molecule has 1 saturated heterocycles. The van der Waals surface area contributed by atoms with E-state index in [9.17, 15) is 9.18 Å². The second kappa shape index (κ2) is 6.28. The zero-order chi connectivity index (χ0) is 15.5. The number of morpholine rings is 1. The fraction of sp³-hybridized carbons (Fsp3) is 0.278. The maximum absolute atomic E-state index is 13.0. The molecule has 0 bridgehead atoms. The highest BCUT2D eigenvalue weighted by Crippen LogP contribution is 2.29. The van der Waals surface area contributed by atoms with Gasteiger partial charge in [-0.15, -0.1) is 0 Å². The van der Waals surface area contributed by atoms with Crippen molar-refractivity contribution in [2.24, 2.45) is 0 Å². The topological polar surface area (TPSA) is 29.5 Å². The Morgan fingerprint density at radius 1 is 1.14 bits per heavy atom. The second-order valence-electron chi connectivity index (χ2n) is 5.45. The molecule has 1 aliphatic heterocycles. The zero-order valence-corrected chi connectivity index (χ0v) is 12.4. The van der Waals surface area contributed by atoms with E-state index in [2.05, 4.69) is 0 Å². The molecule has 2 aromatic rings. The third-order valence-electron chi connectivity index (χ3n) is 4.04. The fourth-order valence-corrected chi connectivity index (χ4v) is 2.85. The van der Waals surface area contributed by atoms with Gasteiger partial charge in [-0.1, -0.05) is 30.3 Å². The molecule has 1 fully saturated rings. The van der Waals surface area contributed by atoms with Gasteiger partial charge in [-0.05, 0) is 36.8 Å². The van der Waals surface area contributed by atoms with Gasteiger partial charge in [-0.2, -0.15) is 0 Å². The lowest BCUT2D eigenvalue weighted by Crippen LogP contribution is -2.48. The number of hydrogen-bond acceptors (Lipinski definition) is 2. The predicted molar refractivity (Wildman–Crippen MR) is 82.0 cm³/mol. The van der Waals surface area contributed by atoms with Gasteiger partial charge in [0.15, 0.2) is 0 Å². The third-order valence-corrected chi connectivity index (χ3v) is 4.04. The highest BCUT2D eigenvalue weighted by atomic mass is 19.1. The molecule has 4 heteroatoms. The van der Waals surface area contributed by atoms with Crippen LogP contribution in [0.3, 0.4) is 0 Å². The summed E-state index contributed by atoms with van der Waals surface area (Å²) in [6, 6.07) is 15.5. The number of amides is 1. The van der Waals surface area contributed by atoms with Crippen LogP contribution < -0.4 is 0 Å². The summed E-state index contributed by atoms with van der Waals surface area (Å²) in [5.41, 5.74) is 1.56. The van der Waals surface area contributed by atoms with E-state index in [1.165, 1.54) is 24.3 Å². The molecule has 3 nitrogen and oxygen atoms in total. The molecule has 1 heterocycles. The molecule has 2 atom stereocenters. The molecule has 0 saturated carbocycles. The minimum atomic E-state index is -0.339. The largest absolute Gasteiger partial charge is 0.370 e. The molecule has 1 amide bonds. The lowest BCUT2D eigenvalue weighted by atomic mass is 10.00. The van der Waals surface area contributed by atoms with Gasteiger partial charge in [0, 0.05) is 12.1 Å². The summed E-state index contributed by atoms with van der Waals surface area (Å²) in [5.74, 6) is -0.425.